The lowest BCUT2D eigenvalue weighted by atomic mass is 10.1. The van der Waals surface area contributed by atoms with Crippen LogP contribution < -0.4 is 5.73 Å². The molecule has 0 radical (unpaired) electrons. The number of ether oxygens (including phenoxy) is 1. The van der Waals surface area contributed by atoms with E-state index in [1.54, 1.807) is 0 Å². The number of hydrogen-bond acceptors (Lipinski definition) is 4. The molecule has 1 aliphatic rings. The first-order chi connectivity index (χ1) is 8.11. The molecule has 1 saturated heterocycles. The lowest BCUT2D eigenvalue weighted by molar-refractivity contribution is -0.0261. The summed E-state index contributed by atoms with van der Waals surface area (Å²) in [7, 11) is 1.99. The lowest BCUT2D eigenvalue weighted by Gasteiger charge is -2.32. The third-order valence-electron chi connectivity index (χ3n) is 3.53. The number of halogens is 1. The standard InChI is InChI=1S/C12H22N4O.ClH/c1-9-12(10(2)15(3)14-9)8-16-4-5-17-11(6-13)7-16;/h11H,4-8,13H2,1-3H3;1H. The molecule has 0 spiro atoms. The van der Waals surface area contributed by atoms with Crippen LogP contribution in [-0.2, 0) is 18.3 Å². The number of hydrogen-bond donors (Lipinski definition) is 1. The van der Waals surface area contributed by atoms with E-state index < -0.39 is 0 Å². The van der Waals surface area contributed by atoms with Crippen molar-refractivity contribution in [1.29, 1.82) is 0 Å². The van der Waals surface area contributed by atoms with Gasteiger partial charge in [-0.3, -0.25) is 9.58 Å². The molecular formula is C12H23ClN4O. The fourth-order valence-electron chi connectivity index (χ4n) is 2.34. The molecule has 1 aromatic heterocycles. The minimum Gasteiger partial charge on any atom is -0.374 e. The molecule has 0 bridgehead atoms. The number of aromatic nitrogens is 2. The predicted molar refractivity (Wildman–Crippen MR) is 74.0 cm³/mol. The van der Waals surface area contributed by atoms with Crippen molar-refractivity contribution in [3.05, 3.63) is 17.0 Å². The van der Waals surface area contributed by atoms with Crippen LogP contribution in [0.1, 0.15) is 17.0 Å². The SMILES string of the molecule is Cc1nn(C)c(C)c1CN1CCOC(CN)C1.Cl. The van der Waals surface area contributed by atoms with Gasteiger partial charge in [-0.15, -0.1) is 12.4 Å². The molecule has 1 aliphatic heterocycles. The molecular weight excluding hydrogens is 252 g/mol. The summed E-state index contributed by atoms with van der Waals surface area (Å²) in [6.07, 6.45) is 0.182. The van der Waals surface area contributed by atoms with Crippen molar-refractivity contribution >= 4 is 12.4 Å². The Hall–Kier alpha value is -0.620. The van der Waals surface area contributed by atoms with Crippen molar-refractivity contribution in [3.8, 4) is 0 Å². The van der Waals surface area contributed by atoms with Crippen molar-refractivity contribution < 1.29 is 4.74 Å². The Bertz CT molecular complexity index is 394. The van der Waals surface area contributed by atoms with Gasteiger partial charge in [0.05, 0.1) is 18.4 Å². The van der Waals surface area contributed by atoms with E-state index in [2.05, 4.69) is 23.8 Å². The Morgan fingerprint density at radius 1 is 1.44 bits per heavy atom. The predicted octanol–water partition coefficient (Wildman–Crippen LogP) is 0.618. The van der Waals surface area contributed by atoms with E-state index in [4.69, 9.17) is 10.5 Å². The fourth-order valence-corrected chi connectivity index (χ4v) is 2.34. The quantitative estimate of drug-likeness (QED) is 0.878. The lowest BCUT2D eigenvalue weighted by Crippen LogP contribution is -2.45. The van der Waals surface area contributed by atoms with E-state index in [0.717, 1.165) is 31.9 Å². The molecule has 1 unspecified atom stereocenters. The van der Waals surface area contributed by atoms with Crippen LogP contribution in [0, 0.1) is 13.8 Å². The van der Waals surface area contributed by atoms with Gasteiger partial charge in [-0.25, -0.2) is 0 Å². The summed E-state index contributed by atoms with van der Waals surface area (Å²) < 4.78 is 7.52. The maximum Gasteiger partial charge on any atom is 0.0824 e. The second kappa shape index (κ2) is 6.52. The molecule has 1 atom stereocenters. The average molecular weight is 275 g/mol. The molecule has 5 nitrogen and oxygen atoms in total. The third kappa shape index (κ3) is 3.23. The first-order valence-corrected chi connectivity index (χ1v) is 6.15. The molecule has 18 heavy (non-hydrogen) atoms. The van der Waals surface area contributed by atoms with Gasteiger partial charge in [-0.2, -0.15) is 5.10 Å². The Labute approximate surface area is 115 Å². The summed E-state index contributed by atoms with van der Waals surface area (Å²) >= 11 is 0. The average Bonchev–Trinajstić information content (AvgIpc) is 2.56. The zero-order valence-corrected chi connectivity index (χ0v) is 12.2. The molecule has 2 N–H and O–H groups in total. The first-order valence-electron chi connectivity index (χ1n) is 6.15. The zero-order valence-electron chi connectivity index (χ0n) is 11.3. The Balaban J connectivity index is 0.00000162. The van der Waals surface area contributed by atoms with E-state index >= 15 is 0 Å². The minimum absolute atomic E-state index is 0. The summed E-state index contributed by atoms with van der Waals surface area (Å²) in [4.78, 5) is 2.40. The van der Waals surface area contributed by atoms with Crippen LogP contribution in [0.4, 0.5) is 0 Å². The summed E-state index contributed by atoms with van der Waals surface area (Å²) in [5.74, 6) is 0. The summed E-state index contributed by atoms with van der Waals surface area (Å²) in [5, 5.41) is 4.45. The van der Waals surface area contributed by atoms with Crippen LogP contribution in [-0.4, -0.2) is 47.0 Å². The van der Waals surface area contributed by atoms with Gasteiger partial charge < -0.3 is 10.5 Å². The van der Waals surface area contributed by atoms with E-state index in [9.17, 15) is 0 Å². The van der Waals surface area contributed by atoms with Crippen molar-refractivity contribution in [3.63, 3.8) is 0 Å². The number of rotatable bonds is 3. The van der Waals surface area contributed by atoms with Crippen molar-refractivity contribution in [1.82, 2.24) is 14.7 Å². The molecule has 1 fully saturated rings. The number of aryl methyl sites for hydroxylation is 2. The Morgan fingerprint density at radius 2 is 2.17 bits per heavy atom. The molecule has 0 saturated carbocycles. The number of nitrogens with zero attached hydrogens (tertiary/aromatic N) is 3. The maximum absolute atomic E-state index is 5.65. The molecule has 0 aromatic carbocycles. The topological polar surface area (TPSA) is 56.3 Å². The molecule has 1 aromatic rings. The summed E-state index contributed by atoms with van der Waals surface area (Å²) in [6.45, 7) is 8.42. The highest BCUT2D eigenvalue weighted by atomic mass is 35.5. The highest BCUT2D eigenvalue weighted by Gasteiger charge is 2.21. The van der Waals surface area contributed by atoms with E-state index in [-0.39, 0.29) is 18.5 Å². The largest absolute Gasteiger partial charge is 0.374 e. The van der Waals surface area contributed by atoms with Crippen LogP contribution in [0.3, 0.4) is 0 Å². The second-order valence-corrected chi connectivity index (χ2v) is 4.74. The second-order valence-electron chi connectivity index (χ2n) is 4.74. The van der Waals surface area contributed by atoms with Crippen molar-refractivity contribution in [2.24, 2.45) is 12.8 Å². The van der Waals surface area contributed by atoms with E-state index in [1.807, 2.05) is 11.7 Å². The molecule has 0 aliphatic carbocycles. The smallest absolute Gasteiger partial charge is 0.0824 e. The highest BCUT2D eigenvalue weighted by Crippen LogP contribution is 2.16. The third-order valence-corrected chi connectivity index (χ3v) is 3.53. The minimum atomic E-state index is 0. The normalized spacial score (nSPS) is 20.8. The van der Waals surface area contributed by atoms with Crippen molar-refractivity contribution in [2.75, 3.05) is 26.2 Å². The molecule has 6 heteroatoms. The molecule has 104 valence electrons. The van der Waals surface area contributed by atoms with Crippen LogP contribution >= 0.6 is 12.4 Å². The monoisotopic (exact) mass is 274 g/mol. The van der Waals surface area contributed by atoms with Gasteiger partial charge in [0.1, 0.15) is 0 Å². The molecule has 0 amide bonds. The van der Waals surface area contributed by atoms with Gasteiger partial charge in [0, 0.05) is 44.5 Å². The van der Waals surface area contributed by atoms with Gasteiger partial charge in [0.2, 0.25) is 0 Å². The van der Waals surface area contributed by atoms with Gasteiger partial charge in [0.25, 0.3) is 0 Å². The maximum atomic E-state index is 5.65. The number of morpholine rings is 1. The van der Waals surface area contributed by atoms with Crippen LogP contribution in [0.15, 0.2) is 0 Å². The van der Waals surface area contributed by atoms with Gasteiger partial charge in [-0.05, 0) is 13.8 Å². The van der Waals surface area contributed by atoms with Gasteiger partial charge >= 0.3 is 0 Å². The number of nitrogens with two attached hydrogens (primary N) is 1. The zero-order chi connectivity index (χ0) is 12.4. The summed E-state index contributed by atoms with van der Waals surface area (Å²) in [5.41, 5.74) is 9.37. The first kappa shape index (κ1) is 15.4. The van der Waals surface area contributed by atoms with Gasteiger partial charge in [0.15, 0.2) is 0 Å². The van der Waals surface area contributed by atoms with Crippen LogP contribution in [0.5, 0.6) is 0 Å². The van der Waals surface area contributed by atoms with Crippen LogP contribution in [0.2, 0.25) is 0 Å². The Kier molecular flexibility index (Phi) is 5.59. The highest BCUT2D eigenvalue weighted by molar-refractivity contribution is 5.85. The Morgan fingerprint density at radius 3 is 2.72 bits per heavy atom. The fraction of sp³-hybridized carbons (Fsp3) is 0.750. The summed E-state index contributed by atoms with van der Waals surface area (Å²) in [6, 6.07) is 0. The van der Waals surface area contributed by atoms with E-state index in [1.165, 1.54) is 11.3 Å². The van der Waals surface area contributed by atoms with Crippen LogP contribution in [0.25, 0.3) is 0 Å². The molecule has 2 heterocycles. The van der Waals surface area contributed by atoms with Crippen molar-refractivity contribution in [2.45, 2.75) is 26.5 Å². The van der Waals surface area contributed by atoms with E-state index in [0.29, 0.717) is 6.54 Å². The van der Waals surface area contributed by atoms with Gasteiger partial charge in [-0.1, -0.05) is 0 Å². The molecule has 2 rings (SSSR count).